The van der Waals surface area contributed by atoms with E-state index in [1.807, 2.05) is 44.1 Å². The highest BCUT2D eigenvalue weighted by atomic mass is 32.1. The molecule has 1 saturated heterocycles. The van der Waals surface area contributed by atoms with Crippen molar-refractivity contribution in [3.63, 3.8) is 0 Å². The van der Waals surface area contributed by atoms with Crippen LogP contribution >= 0.6 is 12.2 Å². The van der Waals surface area contributed by atoms with Gasteiger partial charge in [-0.15, -0.1) is 0 Å². The lowest BCUT2D eigenvalue weighted by Crippen LogP contribution is -2.27. The van der Waals surface area contributed by atoms with Crippen molar-refractivity contribution in [2.24, 2.45) is 0 Å². The number of ether oxygens (including phenoxy) is 2. The molecule has 21 heavy (non-hydrogen) atoms. The molecule has 0 saturated carbocycles. The maximum absolute atomic E-state index is 12.1. The quantitative estimate of drug-likeness (QED) is 0.630. The Morgan fingerprint density at radius 3 is 2.67 bits per heavy atom. The first-order valence-electron chi connectivity index (χ1n) is 6.58. The number of thiocarbonyl (C=S) groups is 1. The summed E-state index contributed by atoms with van der Waals surface area (Å²) in [6, 6.07) is 5.69. The number of carbonyl (C=O) groups is 1. The van der Waals surface area contributed by atoms with Gasteiger partial charge in [0.05, 0.1) is 12.8 Å². The molecule has 2 rings (SSSR count). The minimum absolute atomic E-state index is 0.200. The zero-order chi connectivity index (χ0) is 15.6. The Labute approximate surface area is 129 Å². The second kappa shape index (κ2) is 6.13. The molecule has 0 aromatic heterocycles. The first-order chi connectivity index (χ1) is 9.97. The van der Waals surface area contributed by atoms with Crippen LogP contribution in [0.2, 0.25) is 0 Å². The van der Waals surface area contributed by atoms with E-state index in [-0.39, 0.29) is 16.8 Å². The number of nitrogens with zero attached hydrogens (tertiary/aromatic N) is 2. The van der Waals surface area contributed by atoms with E-state index in [1.165, 1.54) is 4.90 Å². The third-order valence-electron chi connectivity index (χ3n) is 3.17. The van der Waals surface area contributed by atoms with Crippen molar-refractivity contribution in [2.75, 3.05) is 32.6 Å². The second-order valence-corrected chi connectivity index (χ2v) is 5.10. The summed E-state index contributed by atoms with van der Waals surface area (Å²) in [4.78, 5) is 15.5. The first kappa shape index (κ1) is 15.3. The molecule has 1 heterocycles. The summed E-state index contributed by atoms with van der Waals surface area (Å²) < 4.78 is 10.7. The first-order valence-corrected chi connectivity index (χ1v) is 6.99. The van der Waals surface area contributed by atoms with Crippen molar-refractivity contribution >= 4 is 35.1 Å². The van der Waals surface area contributed by atoms with Gasteiger partial charge in [0.25, 0.3) is 11.1 Å². The fourth-order valence-electron chi connectivity index (χ4n) is 2.08. The van der Waals surface area contributed by atoms with E-state index in [0.717, 1.165) is 17.0 Å². The Kier molecular flexibility index (Phi) is 4.47. The molecule has 1 amide bonds. The number of likely N-dealkylation sites (N-methyl/N-ethyl adjacent to an activating group) is 1. The summed E-state index contributed by atoms with van der Waals surface area (Å²) in [5, 5.41) is 0.200. The Hall–Kier alpha value is -2.08. The van der Waals surface area contributed by atoms with Gasteiger partial charge in [-0.2, -0.15) is 0 Å². The lowest BCUT2D eigenvalue weighted by atomic mass is 10.1. The molecule has 112 valence electrons. The van der Waals surface area contributed by atoms with Gasteiger partial charge in [0.2, 0.25) is 0 Å². The van der Waals surface area contributed by atoms with E-state index in [0.29, 0.717) is 6.54 Å². The number of methoxy groups -OCH3 is 1. The van der Waals surface area contributed by atoms with Crippen LogP contribution in [0.1, 0.15) is 12.5 Å². The van der Waals surface area contributed by atoms with Crippen molar-refractivity contribution < 1.29 is 14.3 Å². The Morgan fingerprint density at radius 2 is 2.14 bits per heavy atom. The molecular weight excluding hydrogens is 288 g/mol. The predicted molar refractivity (Wildman–Crippen MR) is 86.4 cm³/mol. The smallest absolute Gasteiger partial charge is 0.297 e. The van der Waals surface area contributed by atoms with Crippen LogP contribution in [0.15, 0.2) is 24.0 Å². The zero-order valence-corrected chi connectivity index (χ0v) is 13.4. The minimum atomic E-state index is -0.210. The normalized spacial score (nSPS) is 16.4. The summed E-state index contributed by atoms with van der Waals surface area (Å²) in [7, 11) is 5.50. The molecule has 0 unspecified atom stereocenters. The number of carbonyl (C=O) groups excluding carboxylic acids is 1. The number of hydrogen-bond acceptors (Lipinski definition) is 5. The van der Waals surface area contributed by atoms with Gasteiger partial charge in [-0.05, 0) is 42.9 Å². The lowest BCUT2D eigenvalue weighted by molar-refractivity contribution is -0.122. The van der Waals surface area contributed by atoms with Crippen molar-refractivity contribution in [3.05, 3.63) is 29.5 Å². The average molecular weight is 306 g/mol. The average Bonchev–Trinajstić information content (AvgIpc) is 2.72. The van der Waals surface area contributed by atoms with Crippen LogP contribution in [0.25, 0.3) is 6.08 Å². The van der Waals surface area contributed by atoms with Gasteiger partial charge >= 0.3 is 0 Å². The SMILES string of the molecule is CCN1C(=O)/C(=C\c2ccc(N(C)C)c(OC)c2)OC1=S. The van der Waals surface area contributed by atoms with Crippen LogP contribution in [0.4, 0.5) is 5.69 Å². The van der Waals surface area contributed by atoms with Crippen LogP contribution < -0.4 is 9.64 Å². The summed E-state index contributed by atoms with van der Waals surface area (Å²) in [5.41, 5.74) is 1.78. The van der Waals surface area contributed by atoms with Gasteiger partial charge in [-0.25, -0.2) is 0 Å². The molecular formula is C15H18N2O3S. The van der Waals surface area contributed by atoms with E-state index in [2.05, 4.69) is 0 Å². The fraction of sp³-hybridized carbons (Fsp3) is 0.333. The summed E-state index contributed by atoms with van der Waals surface area (Å²) in [6.45, 7) is 2.35. The summed E-state index contributed by atoms with van der Waals surface area (Å²) >= 11 is 5.02. The number of amides is 1. The van der Waals surface area contributed by atoms with Gasteiger partial charge in [0, 0.05) is 20.6 Å². The van der Waals surface area contributed by atoms with Crippen LogP contribution in [-0.2, 0) is 9.53 Å². The van der Waals surface area contributed by atoms with Gasteiger partial charge in [0.1, 0.15) is 5.75 Å². The summed E-state index contributed by atoms with van der Waals surface area (Å²) in [5.74, 6) is 0.759. The van der Waals surface area contributed by atoms with E-state index in [1.54, 1.807) is 13.2 Å². The third kappa shape index (κ3) is 3.00. The molecule has 0 N–H and O–H groups in total. The molecule has 0 bridgehead atoms. The van der Waals surface area contributed by atoms with Crippen molar-refractivity contribution in [2.45, 2.75) is 6.92 Å². The highest BCUT2D eigenvalue weighted by Crippen LogP contribution is 2.29. The van der Waals surface area contributed by atoms with Crippen molar-refractivity contribution in [1.82, 2.24) is 4.90 Å². The Bertz CT molecular complexity index is 611. The maximum Gasteiger partial charge on any atom is 0.297 e. The monoisotopic (exact) mass is 306 g/mol. The largest absolute Gasteiger partial charge is 0.495 e. The van der Waals surface area contributed by atoms with Crippen molar-refractivity contribution in [1.29, 1.82) is 0 Å². The number of rotatable bonds is 4. The van der Waals surface area contributed by atoms with Gasteiger partial charge in [0.15, 0.2) is 5.76 Å². The van der Waals surface area contributed by atoms with Gasteiger partial charge in [-0.1, -0.05) is 6.07 Å². The maximum atomic E-state index is 12.1. The standard InChI is InChI=1S/C15H18N2O3S/c1-5-17-14(18)13(20-15(17)21)9-10-6-7-11(16(2)3)12(8-10)19-4/h6-9H,5H2,1-4H3/b13-9+. The van der Waals surface area contributed by atoms with Gasteiger partial charge < -0.3 is 14.4 Å². The highest BCUT2D eigenvalue weighted by molar-refractivity contribution is 7.80. The highest BCUT2D eigenvalue weighted by Gasteiger charge is 2.31. The number of benzene rings is 1. The number of anilines is 1. The Balaban J connectivity index is 2.34. The fourth-order valence-corrected chi connectivity index (χ4v) is 2.38. The molecule has 1 aromatic carbocycles. The second-order valence-electron chi connectivity index (χ2n) is 4.75. The molecule has 1 aliphatic heterocycles. The molecule has 0 spiro atoms. The van der Waals surface area contributed by atoms with Crippen molar-refractivity contribution in [3.8, 4) is 5.75 Å². The molecule has 1 fully saturated rings. The van der Waals surface area contributed by atoms with E-state index in [9.17, 15) is 4.79 Å². The van der Waals surface area contributed by atoms with Crippen LogP contribution in [0.5, 0.6) is 5.75 Å². The molecule has 1 aliphatic rings. The Morgan fingerprint density at radius 1 is 1.43 bits per heavy atom. The molecule has 1 aromatic rings. The van der Waals surface area contributed by atoms with Gasteiger partial charge in [-0.3, -0.25) is 9.69 Å². The van der Waals surface area contributed by atoms with E-state index < -0.39 is 0 Å². The van der Waals surface area contributed by atoms with Crippen LogP contribution in [0.3, 0.4) is 0 Å². The molecule has 6 heteroatoms. The van der Waals surface area contributed by atoms with Crippen LogP contribution in [0, 0.1) is 0 Å². The zero-order valence-electron chi connectivity index (χ0n) is 12.5. The molecule has 5 nitrogen and oxygen atoms in total. The van der Waals surface area contributed by atoms with Crippen LogP contribution in [-0.4, -0.2) is 43.7 Å². The molecule has 0 atom stereocenters. The topological polar surface area (TPSA) is 42.0 Å². The van der Waals surface area contributed by atoms with E-state index >= 15 is 0 Å². The lowest BCUT2D eigenvalue weighted by Gasteiger charge is -2.16. The summed E-state index contributed by atoms with van der Waals surface area (Å²) in [6.07, 6.45) is 1.67. The van der Waals surface area contributed by atoms with E-state index in [4.69, 9.17) is 21.7 Å². The third-order valence-corrected chi connectivity index (χ3v) is 3.48. The molecule has 0 radical (unpaired) electrons. The molecule has 0 aliphatic carbocycles. The minimum Gasteiger partial charge on any atom is -0.495 e. The number of hydrogen-bond donors (Lipinski definition) is 0. The predicted octanol–water partition coefficient (Wildman–Crippen LogP) is 2.27.